The van der Waals surface area contributed by atoms with Gasteiger partial charge in [0.2, 0.25) is 5.91 Å². The van der Waals surface area contributed by atoms with E-state index in [1.54, 1.807) is 20.8 Å². The molecule has 0 aliphatic rings. The Balaban J connectivity index is 4.02. The SMILES string of the molecule is CC(C)(C)[C@H](NC(=O)NCCOCC(N)=O)C(=O)O. The van der Waals surface area contributed by atoms with E-state index in [0.717, 1.165) is 0 Å². The molecule has 19 heavy (non-hydrogen) atoms. The number of aliphatic carboxylic acids is 1. The second-order valence-corrected chi connectivity index (χ2v) is 5.06. The van der Waals surface area contributed by atoms with Crippen LogP contribution in [0.25, 0.3) is 0 Å². The van der Waals surface area contributed by atoms with Gasteiger partial charge in [0.1, 0.15) is 12.6 Å². The Morgan fingerprint density at radius 1 is 1.32 bits per heavy atom. The van der Waals surface area contributed by atoms with Crippen molar-refractivity contribution < 1.29 is 24.2 Å². The molecule has 0 aliphatic heterocycles. The topological polar surface area (TPSA) is 131 Å². The van der Waals surface area contributed by atoms with Crippen LogP contribution in [0.2, 0.25) is 0 Å². The number of urea groups is 1. The number of ether oxygens (including phenoxy) is 1. The Bertz CT molecular complexity index is 338. The van der Waals surface area contributed by atoms with E-state index in [0.29, 0.717) is 0 Å². The molecule has 0 bridgehead atoms. The molecule has 0 fully saturated rings. The second-order valence-electron chi connectivity index (χ2n) is 5.06. The van der Waals surface area contributed by atoms with E-state index in [4.69, 9.17) is 15.6 Å². The highest BCUT2D eigenvalue weighted by molar-refractivity contribution is 5.83. The summed E-state index contributed by atoms with van der Waals surface area (Å²) in [5.41, 5.74) is 4.25. The zero-order chi connectivity index (χ0) is 15.1. The summed E-state index contributed by atoms with van der Waals surface area (Å²) in [6, 6.07) is -1.61. The van der Waals surface area contributed by atoms with Crippen LogP contribution in [0.4, 0.5) is 4.79 Å². The molecule has 8 nitrogen and oxygen atoms in total. The van der Waals surface area contributed by atoms with Gasteiger partial charge in [-0.25, -0.2) is 9.59 Å². The van der Waals surface area contributed by atoms with Gasteiger partial charge in [0.05, 0.1) is 6.61 Å². The van der Waals surface area contributed by atoms with E-state index in [2.05, 4.69) is 10.6 Å². The molecule has 0 saturated heterocycles. The zero-order valence-corrected chi connectivity index (χ0v) is 11.4. The van der Waals surface area contributed by atoms with Crippen LogP contribution < -0.4 is 16.4 Å². The van der Waals surface area contributed by atoms with Gasteiger partial charge < -0.3 is 26.2 Å². The molecular formula is C11H21N3O5. The van der Waals surface area contributed by atoms with Gasteiger partial charge in [0, 0.05) is 6.54 Å². The zero-order valence-electron chi connectivity index (χ0n) is 11.4. The number of amides is 3. The predicted octanol–water partition coefficient (Wildman–Crippen LogP) is -0.713. The van der Waals surface area contributed by atoms with Gasteiger partial charge in [-0.1, -0.05) is 20.8 Å². The van der Waals surface area contributed by atoms with E-state index in [1.807, 2.05) is 0 Å². The molecule has 1 atom stereocenters. The van der Waals surface area contributed by atoms with Crippen molar-refractivity contribution in [2.45, 2.75) is 26.8 Å². The minimum absolute atomic E-state index is 0.115. The third kappa shape index (κ3) is 7.98. The fraction of sp³-hybridized carbons (Fsp3) is 0.727. The van der Waals surface area contributed by atoms with E-state index >= 15 is 0 Å². The highest BCUT2D eigenvalue weighted by atomic mass is 16.5. The summed E-state index contributed by atoms with van der Waals surface area (Å²) in [6.45, 7) is 5.17. The molecule has 0 rings (SSSR count). The average Bonchev–Trinajstić information content (AvgIpc) is 2.23. The summed E-state index contributed by atoms with van der Waals surface area (Å²) in [4.78, 5) is 32.8. The first-order valence-corrected chi connectivity index (χ1v) is 5.78. The maximum atomic E-state index is 11.5. The normalized spacial score (nSPS) is 12.6. The Hall–Kier alpha value is -1.83. The Kier molecular flexibility index (Phi) is 6.84. The van der Waals surface area contributed by atoms with Crippen molar-refractivity contribution in [1.29, 1.82) is 0 Å². The van der Waals surface area contributed by atoms with Gasteiger partial charge in [-0.3, -0.25) is 4.79 Å². The first kappa shape index (κ1) is 17.2. The van der Waals surface area contributed by atoms with Crippen LogP contribution in [-0.4, -0.2) is 48.8 Å². The van der Waals surface area contributed by atoms with Crippen molar-refractivity contribution in [1.82, 2.24) is 10.6 Å². The van der Waals surface area contributed by atoms with Crippen LogP contribution >= 0.6 is 0 Å². The van der Waals surface area contributed by atoms with Crippen molar-refractivity contribution in [3.05, 3.63) is 0 Å². The van der Waals surface area contributed by atoms with Gasteiger partial charge in [-0.2, -0.15) is 0 Å². The quantitative estimate of drug-likeness (QED) is 0.456. The molecule has 0 aliphatic carbocycles. The number of carbonyl (C=O) groups is 3. The van der Waals surface area contributed by atoms with Crippen molar-refractivity contribution >= 4 is 17.9 Å². The van der Waals surface area contributed by atoms with Crippen molar-refractivity contribution in [2.24, 2.45) is 11.1 Å². The summed E-state index contributed by atoms with van der Waals surface area (Å²) in [5, 5.41) is 13.8. The van der Waals surface area contributed by atoms with E-state index in [1.165, 1.54) is 0 Å². The summed E-state index contributed by atoms with van der Waals surface area (Å²) >= 11 is 0. The number of hydrogen-bond acceptors (Lipinski definition) is 4. The van der Waals surface area contributed by atoms with Gasteiger partial charge in [0.25, 0.3) is 0 Å². The third-order valence-electron chi connectivity index (χ3n) is 2.16. The van der Waals surface area contributed by atoms with E-state index in [-0.39, 0.29) is 19.8 Å². The van der Waals surface area contributed by atoms with Gasteiger partial charge >= 0.3 is 12.0 Å². The van der Waals surface area contributed by atoms with Gasteiger partial charge in [0.15, 0.2) is 0 Å². The van der Waals surface area contributed by atoms with Crippen LogP contribution in [0, 0.1) is 5.41 Å². The number of carboxylic acid groups (broad SMARTS) is 1. The lowest BCUT2D eigenvalue weighted by Crippen LogP contribution is -2.52. The van der Waals surface area contributed by atoms with Crippen LogP contribution in [0.5, 0.6) is 0 Å². The highest BCUT2D eigenvalue weighted by Gasteiger charge is 2.32. The molecule has 8 heteroatoms. The molecule has 0 aromatic heterocycles. The summed E-state index contributed by atoms with van der Waals surface area (Å²) < 4.78 is 4.83. The van der Waals surface area contributed by atoms with Gasteiger partial charge in [-0.05, 0) is 5.41 Å². The predicted molar refractivity (Wildman–Crippen MR) is 67.4 cm³/mol. The number of carboxylic acids is 1. The van der Waals surface area contributed by atoms with Crippen molar-refractivity contribution in [2.75, 3.05) is 19.8 Å². The van der Waals surface area contributed by atoms with Crippen molar-refractivity contribution in [3.63, 3.8) is 0 Å². The first-order chi connectivity index (χ1) is 8.64. The number of rotatable bonds is 7. The largest absolute Gasteiger partial charge is 0.480 e. The van der Waals surface area contributed by atoms with Crippen LogP contribution in [-0.2, 0) is 14.3 Å². The van der Waals surface area contributed by atoms with Gasteiger partial charge in [-0.15, -0.1) is 0 Å². The number of nitrogens with two attached hydrogens (primary N) is 1. The fourth-order valence-corrected chi connectivity index (χ4v) is 1.24. The van der Waals surface area contributed by atoms with Crippen LogP contribution in [0.15, 0.2) is 0 Å². The van der Waals surface area contributed by atoms with Crippen LogP contribution in [0.3, 0.4) is 0 Å². The minimum Gasteiger partial charge on any atom is -0.480 e. The monoisotopic (exact) mass is 275 g/mol. The third-order valence-corrected chi connectivity index (χ3v) is 2.16. The molecule has 0 heterocycles. The first-order valence-electron chi connectivity index (χ1n) is 5.78. The molecule has 3 amide bonds. The van der Waals surface area contributed by atoms with E-state index in [9.17, 15) is 14.4 Å². The smallest absolute Gasteiger partial charge is 0.326 e. The summed E-state index contributed by atoms with van der Waals surface area (Å²) in [5.74, 6) is -1.70. The number of primary amides is 1. The maximum Gasteiger partial charge on any atom is 0.326 e. The lowest BCUT2D eigenvalue weighted by atomic mass is 9.87. The Morgan fingerprint density at radius 2 is 1.89 bits per heavy atom. The fourth-order valence-electron chi connectivity index (χ4n) is 1.24. The summed E-state index contributed by atoms with van der Waals surface area (Å²) in [6.07, 6.45) is 0. The molecule has 0 aromatic carbocycles. The highest BCUT2D eigenvalue weighted by Crippen LogP contribution is 2.19. The minimum atomic E-state index is -1.10. The van der Waals surface area contributed by atoms with Crippen LogP contribution in [0.1, 0.15) is 20.8 Å². The van der Waals surface area contributed by atoms with E-state index < -0.39 is 29.4 Å². The molecule has 0 aromatic rings. The molecular weight excluding hydrogens is 254 g/mol. The molecule has 0 saturated carbocycles. The van der Waals surface area contributed by atoms with Crippen molar-refractivity contribution in [3.8, 4) is 0 Å². The number of hydrogen-bond donors (Lipinski definition) is 4. The standard InChI is InChI=1S/C11H21N3O5/c1-11(2,3)8(9(16)17)14-10(18)13-4-5-19-6-7(12)15/h8H,4-6H2,1-3H3,(H2,12,15)(H,16,17)(H2,13,14,18)/t8-/m1/s1. The molecule has 0 spiro atoms. The average molecular weight is 275 g/mol. The molecule has 0 unspecified atom stereocenters. The lowest BCUT2D eigenvalue weighted by molar-refractivity contribution is -0.141. The molecule has 0 radical (unpaired) electrons. The molecule has 5 N–H and O–H groups in total. The lowest BCUT2D eigenvalue weighted by Gasteiger charge is -2.27. The Morgan fingerprint density at radius 3 is 2.32 bits per heavy atom. The Labute approximate surface area is 111 Å². The second kappa shape index (κ2) is 7.57. The summed E-state index contributed by atoms with van der Waals surface area (Å²) in [7, 11) is 0. The maximum absolute atomic E-state index is 11.5. The number of nitrogens with one attached hydrogen (secondary N) is 2. The molecule has 110 valence electrons. The number of carbonyl (C=O) groups excluding carboxylic acids is 2.